The number of halogens is 4. The maximum absolute atomic E-state index is 12.7. The Morgan fingerprint density at radius 2 is 1.67 bits per heavy atom. The minimum atomic E-state index is -4.39. The van der Waals surface area contributed by atoms with E-state index in [1.54, 1.807) is 0 Å². The summed E-state index contributed by atoms with van der Waals surface area (Å²) in [5.74, 6) is 2.57. The molecule has 2 aliphatic rings. The molecule has 13 heteroatoms. The Morgan fingerprint density at radius 3 is 2.36 bits per heavy atom. The lowest BCUT2D eigenvalue weighted by molar-refractivity contribution is -0.127. The molecule has 2 aliphatic heterocycles. The van der Waals surface area contributed by atoms with Crippen LogP contribution in [0, 0.1) is 0 Å². The molecule has 4 rings (SSSR count). The summed E-state index contributed by atoms with van der Waals surface area (Å²) in [6, 6.07) is 5.58. The van der Waals surface area contributed by atoms with E-state index in [1.807, 2.05) is 13.1 Å². The maximum atomic E-state index is 12.7. The molecule has 9 nitrogen and oxygen atoms in total. The first-order chi connectivity index (χ1) is 18.7. The van der Waals surface area contributed by atoms with E-state index in [1.165, 1.54) is 31.0 Å². The number of urea groups is 1. The van der Waals surface area contributed by atoms with Crippen LogP contribution in [0.3, 0.4) is 0 Å². The second kappa shape index (κ2) is 13.4. The van der Waals surface area contributed by atoms with Gasteiger partial charge in [0, 0.05) is 69.1 Å². The van der Waals surface area contributed by atoms with Gasteiger partial charge in [0.15, 0.2) is 0 Å². The highest BCUT2D eigenvalue weighted by Crippen LogP contribution is 2.28. The summed E-state index contributed by atoms with van der Waals surface area (Å²) in [6.07, 6.45) is -0.853. The number of aromatic nitrogens is 2. The Morgan fingerprint density at radius 1 is 1.00 bits per heavy atom. The van der Waals surface area contributed by atoms with Gasteiger partial charge in [-0.1, -0.05) is 11.6 Å². The molecule has 2 amide bonds. The number of hydrogen-bond donors (Lipinski definition) is 3. The number of nitrogens with zero attached hydrogens (tertiary/aromatic N) is 5. The third-order valence-corrected chi connectivity index (χ3v) is 7.16. The molecule has 3 N–H and O–H groups in total. The van der Waals surface area contributed by atoms with Crippen molar-refractivity contribution in [3.63, 3.8) is 0 Å². The van der Waals surface area contributed by atoms with Crippen molar-refractivity contribution >= 4 is 40.9 Å². The highest BCUT2D eigenvalue weighted by atomic mass is 35.5. The number of benzene rings is 1. The summed E-state index contributed by atoms with van der Waals surface area (Å²) >= 11 is 5.86. The van der Waals surface area contributed by atoms with Crippen LogP contribution < -0.4 is 25.8 Å². The van der Waals surface area contributed by atoms with Crippen LogP contribution in [0.1, 0.15) is 31.2 Å². The van der Waals surface area contributed by atoms with E-state index in [4.69, 9.17) is 21.6 Å². The van der Waals surface area contributed by atoms with E-state index < -0.39 is 18.6 Å². The molecule has 0 unspecified atom stereocenters. The number of amides is 2. The normalized spacial score (nSPS) is 15.7. The van der Waals surface area contributed by atoms with Crippen molar-refractivity contribution in [2.45, 2.75) is 38.3 Å². The molecule has 39 heavy (non-hydrogen) atoms. The Kier molecular flexibility index (Phi) is 9.95. The molecule has 0 atom stereocenters. The van der Waals surface area contributed by atoms with Gasteiger partial charge in [0.1, 0.15) is 11.6 Å². The van der Waals surface area contributed by atoms with Gasteiger partial charge >= 0.3 is 12.2 Å². The van der Waals surface area contributed by atoms with Crippen molar-refractivity contribution in [2.75, 3.05) is 79.8 Å². The molecule has 0 radical (unpaired) electrons. The van der Waals surface area contributed by atoms with Gasteiger partial charge in [-0.25, -0.2) is 4.79 Å². The fourth-order valence-electron chi connectivity index (χ4n) is 4.71. The number of anilines is 4. The number of nitrogens with one attached hydrogen (secondary N) is 3. The number of hydrogen-bond acceptors (Lipinski definition) is 7. The summed E-state index contributed by atoms with van der Waals surface area (Å²) in [6.45, 7) is 6.37. The topological polar surface area (TPSA) is 88.7 Å². The largest absolute Gasteiger partial charge is 0.393 e. The Balaban J connectivity index is 1.21. The molecule has 2 aromatic rings. The van der Waals surface area contributed by atoms with Crippen molar-refractivity contribution < 1.29 is 18.0 Å². The van der Waals surface area contributed by atoms with Crippen LogP contribution in [0.4, 0.5) is 41.2 Å². The molecular weight excluding hydrogens is 533 g/mol. The lowest BCUT2D eigenvalue weighted by atomic mass is 10.1. The van der Waals surface area contributed by atoms with Crippen LogP contribution in [0.5, 0.6) is 0 Å². The first kappa shape index (κ1) is 29.0. The average molecular weight is 569 g/mol. The van der Waals surface area contributed by atoms with Gasteiger partial charge < -0.3 is 30.7 Å². The minimum Gasteiger partial charge on any atom is -0.369 e. The molecule has 3 heterocycles. The highest BCUT2D eigenvalue weighted by Gasteiger charge is 2.29. The third kappa shape index (κ3) is 9.03. The van der Waals surface area contributed by atoms with Gasteiger partial charge in [0.2, 0.25) is 5.95 Å². The predicted octanol–water partition coefficient (Wildman–Crippen LogP) is 4.60. The number of carbonyl (C=O) groups is 1. The molecule has 2 saturated heterocycles. The van der Waals surface area contributed by atoms with Crippen LogP contribution in [0.2, 0.25) is 5.02 Å². The van der Waals surface area contributed by atoms with Gasteiger partial charge in [0.05, 0.1) is 6.42 Å². The minimum absolute atomic E-state index is 0.00928. The molecule has 1 aromatic heterocycles. The first-order valence-corrected chi connectivity index (χ1v) is 13.8. The van der Waals surface area contributed by atoms with E-state index in [0.717, 1.165) is 63.1 Å². The highest BCUT2D eigenvalue weighted by molar-refractivity contribution is 6.31. The van der Waals surface area contributed by atoms with E-state index in [2.05, 4.69) is 30.7 Å². The van der Waals surface area contributed by atoms with Gasteiger partial charge in [-0.15, -0.1) is 0 Å². The lowest BCUT2D eigenvalue weighted by Gasteiger charge is -2.22. The Labute approximate surface area is 232 Å². The van der Waals surface area contributed by atoms with Crippen LogP contribution >= 0.6 is 11.6 Å². The molecular formula is C26H36ClF3N8O. The zero-order valence-electron chi connectivity index (χ0n) is 22.2. The van der Waals surface area contributed by atoms with Crippen LogP contribution in [0.15, 0.2) is 24.3 Å². The fourth-order valence-corrected chi connectivity index (χ4v) is 4.89. The van der Waals surface area contributed by atoms with Gasteiger partial charge in [-0.2, -0.15) is 23.1 Å². The quantitative estimate of drug-likeness (QED) is 0.365. The summed E-state index contributed by atoms with van der Waals surface area (Å²) in [4.78, 5) is 28.5. The van der Waals surface area contributed by atoms with Gasteiger partial charge in [0.25, 0.3) is 0 Å². The molecule has 1 aromatic carbocycles. The van der Waals surface area contributed by atoms with E-state index in [-0.39, 0.29) is 16.3 Å². The first-order valence-electron chi connectivity index (χ1n) is 13.4. The standard InChI is InChI=1S/C26H36ClF3N8O/c1-36(15-9-32-25(39)33-20-6-7-21(27)19(16-20)18-26(28,29)30)14-8-31-22-17-23(37-10-2-3-11-37)35-24(34-22)38-12-4-5-13-38/h6-7,16-17H,2-5,8-15,18H2,1H3,(H,31,34,35)(H2,32,33,39). The van der Waals surface area contributed by atoms with Crippen molar-refractivity contribution in [3.05, 3.63) is 34.9 Å². The second-order valence-corrected chi connectivity index (χ2v) is 10.4. The SMILES string of the molecule is CN(CCNC(=O)Nc1ccc(Cl)c(CC(F)(F)F)c1)CCNc1cc(N2CCCC2)nc(N2CCCC2)n1. The van der Waals surface area contributed by atoms with Crippen LogP contribution in [0.25, 0.3) is 0 Å². The molecule has 0 aliphatic carbocycles. The average Bonchev–Trinajstić information content (AvgIpc) is 3.60. The fraction of sp³-hybridized carbons (Fsp3) is 0.577. The smallest absolute Gasteiger partial charge is 0.369 e. The predicted molar refractivity (Wildman–Crippen MR) is 149 cm³/mol. The van der Waals surface area contributed by atoms with Crippen molar-refractivity contribution in [2.24, 2.45) is 0 Å². The van der Waals surface area contributed by atoms with Crippen molar-refractivity contribution in [1.82, 2.24) is 20.2 Å². The second-order valence-electron chi connectivity index (χ2n) is 10.0. The zero-order valence-corrected chi connectivity index (χ0v) is 22.9. The lowest BCUT2D eigenvalue weighted by Crippen LogP contribution is -2.37. The molecule has 0 spiro atoms. The summed E-state index contributed by atoms with van der Waals surface area (Å²) in [5.41, 5.74) is 0.165. The summed E-state index contributed by atoms with van der Waals surface area (Å²) in [5, 5.41) is 8.73. The van der Waals surface area contributed by atoms with Crippen LogP contribution in [-0.2, 0) is 6.42 Å². The van der Waals surface area contributed by atoms with Gasteiger partial charge in [-0.3, -0.25) is 0 Å². The van der Waals surface area contributed by atoms with Crippen molar-refractivity contribution in [1.29, 1.82) is 0 Å². The number of likely N-dealkylation sites (N-methyl/N-ethyl adjacent to an activating group) is 1. The molecule has 2 fully saturated rings. The monoisotopic (exact) mass is 568 g/mol. The Bertz CT molecular complexity index is 1070. The summed E-state index contributed by atoms with van der Waals surface area (Å²) in [7, 11) is 1.95. The number of alkyl halides is 3. The Hall–Kier alpha value is -2.99. The number of carbonyl (C=O) groups excluding carboxylic acids is 1. The van der Waals surface area contributed by atoms with E-state index >= 15 is 0 Å². The van der Waals surface area contributed by atoms with E-state index in [0.29, 0.717) is 19.6 Å². The molecule has 214 valence electrons. The summed E-state index contributed by atoms with van der Waals surface area (Å²) < 4.78 is 38.2. The van der Waals surface area contributed by atoms with Gasteiger partial charge in [-0.05, 0) is 56.5 Å². The maximum Gasteiger partial charge on any atom is 0.393 e. The molecule has 0 bridgehead atoms. The van der Waals surface area contributed by atoms with Crippen molar-refractivity contribution in [3.8, 4) is 0 Å². The zero-order chi connectivity index (χ0) is 27.8. The van der Waals surface area contributed by atoms with Crippen LogP contribution in [-0.4, -0.2) is 86.5 Å². The third-order valence-electron chi connectivity index (χ3n) is 6.79. The number of rotatable bonds is 11. The molecule has 0 saturated carbocycles. The van der Waals surface area contributed by atoms with E-state index in [9.17, 15) is 18.0 Å².